The lowest BCUT2D eigenvalue weighted by molar-refractivity contribution is 0.270. The van der Waals surface area contributed by atoms with Crippen molar-refractivity contribution < 1.29 is 9.50 Å². The van der Waals surface area contributed by atoms with Gasteiger partial charge in [-0.15, -0.1) is 0 Å². The van der Waals surface area contributed by atoms with Gasteiger partial charge in [0.1, 0.15) is 5.82 Å². The van der Waals surface area contributed by atoms with Crippen LogP contribution < -0.4 is 0 Å². The van der Waals surface area contributed by atoms with Gasteiger partial charge >= 0.3 is 0 Å². The van der Waals surface area contributed by atoms with E-state index in [4.69, 9.17) is 0 Å². The first-order valence-electron chi connectivity index (χ1n) is 6.42. The van der Waals surface area contributed by atoms with Crippen LogP contribution >= 0.6 is 0 Å². The molecular weight excluding hydrogens is 255 g/mol. The van der Waals surface area contributed by atoms with Crippen LogP contribution in [-0.4, -0.2) is 16.7 Å². The number of halogens is 1. The molecule has 2 rings (SSSR count). The van der Waals surface area contributed by atoms with E-state index >= 15 is 0 Å². The van der Waals surface area contributed by atoms with E-state index in [-0.39, 0.29) is 12.4 Å². The molecular formula is C16H15FN2O. The van der Waals surface area contributed by atoms with Gasteiger partial charge in [-0.3, -0.25) is 4.98 Å². The van der Waals surface area contributed by atoms with E-state index in [1.54, 1.807) is 42.7 Å². The van der Waals surface area contributed by atoms with E-state index in [1.807, 2.05) is 0 Å². The summed E-state index contributed by atoms with van der Waals surface area (Å²) < 4.78 is 14.0. The van der Waals surface area contributed by atoms with Crippen LogP contribution in [0.1, 0.15) is 29.4 Å². The standard InChI is InChI=1S/C16H15FN2O/c17-16-6-2-1-5-14(16)13(7-9-20)15(10-18)12-4-3-8-19-11-12/h1-6,8,11,13,15,20H,7,9H2/t13-,15-/m0/s1. The second kappa shape index (κ2) is 6.78. The molecule has 2 atom stereocenters. The van der Waals surface area contributed by atoms with Crippen molar-refractivity contribution in [1.29, 1.82) is 5.26 Å². The van der Waals surface area contributed by atoms with Crippen LogP contribution in [0, 0.1) is 17.1 Å². The molecule has 20 heavy (non-hydrogen) atoms. The summed E-state index contributed by atoms with van der Waals surface area (Å²) in [6.07, 6.45) is 3.56. The van der Waals surface area contributed by atoms with Crippen LogP contribution in [0.15, 0.2) is 48.8 Å². The van der Waals surface area contributed by atoms with E-state index in [1.165, 1.54) is 6.07 Å². The van der Waals surface area contributed by atoms with Gasteiger partial charge in [-0.25, -0.2) is 4.39 Å². The molecule has 1 heterocycles. The van der Waals surface area contributed by atoms with Gasteiger partial charge in [0.15, 0.2) is 0 Å². The smallest absolute Gasteiger partial charge is 0.126 e. The van der Waals surface area contributed by atoms with Crippen molar-refractivity contribution in [2.45, 2.75) is 18.3 Å². The molecule has 0 aliphatic carbocycles. The molecule has 0 saturated heterocycles. The average molecular weight is 270 g/mol. The molecule has 0 bridgehead atoms. The second-order valence-corrected chi connectivity index (χ2v) is 4.53. The number of hydrogen-bond acceptors (Lipinski definition) is 3. The number of hydrogen-bond donors (Lipinski definition) is 1. The maximum Gasteiger partial charge on any atom is 0.126 e. The fourth-order valence-electron chi connectivity index (χ4n) is 2.37. The summed E-state index contributed by atoms with van der Waals surface area (Å²) >= 11 is 0. The Kier molecular flexibility index (Phi) is 4.80. The Bertz CT molecular complexity index is 595. The van der Waals surface area contributed by atoms with Crippen LogP contribution in [0.3, 0.4) is 0 Å². The summed E-state index contributed by atoms with van der Waals surface area (Å²) in [6, 6.07) is 12.1. The summed E-state index contributed by atoms with van der Waals surface area (Å²) in [5.41, 5.74) is 1.19. The van der Waals surface area contributed by atoms with Gasteiger partial charge in [0.25, 0.3) is 0 Å². The number of pyridine rings is 1. The van der Waals surface area contributed by atoms with Crippen molar-refractivity contribution in [1.82, 2.24) is 4.98 Å². The Balaban J connectivity index is 2.42. The van der Waals surface area contributed by atoms with Gasteiger partial charge in [-0.1, -0.05) is 24.3 Å². The molecule has 1 N–H and O–H groups in total. The molecule has 102 valence electrons. The number of nitriles is 1. The van der Waals surface area contributed by atoms with Crippen molar-refractivity contribution in [3.63, 3.8) is 0 Å². The molecule has 3 nitrogen and oxygen atoms in total. The number of nitrogens with zero attached hydrogens (tertiary/aromatic N) is 2. The lowest BCUT2D eigenvalue weighted by Gasteiger charge is -2.22. The monoisotopic (exact) mass is 270 g/mol. The largest absolute Gasteiger partial charge is 0.396 e. The van der Waals surface area contributed by atoms with Crippen molar-refractivity contribution in [2.24, 2.45) is 0 Å². The molecule has 0 fully saturated rings. The highest BCUT2D eigenvalue weighted by molar-refractivity contribution is 5.32. The Morgan fingerprint density at radius 2 is 2.05 bits per heavy atom. The molecule has 0 saturated carbocycles. The first-order valence-corrected chi connectivity index (χ1v) is 6.42. The van der Waals surface area contributed by atoms with Crippen molar-refractivity contribution in [2.75, 3.05) is 6.61 Å². The highest BCUT2D eigenvalue weighted by Crippen LogP contribution is 2.35. The zero-order valence-corrected chi connectivity index (χ0v) is 10.9. The van der Waals surface area contributed by atoms with Crippen LogP contribution in [0.5, 0.6) is 0 Å². The van der Waals surface area contributed by atoms with Gasteiger partial charge < -0.3 is 5.11 Å². The highest BCUT2D eigenvalue weighted by Gasteiger charge is 2.26. The summed E-state index contributed by atoms with van der Waals surface area (Å²) in [5.74, 6) is -1.28. The Labute approximate surface area is 117 Å². The van der Waals surface area contributed by atoms with E-state index in [0.717, 1.165) is 5.56 Å². The molecule has 0 aliphatic rings. The third kappa shape index (κ3) is 3.01. The summed E-state index contributed by atoms with van der Waals surface area (Å²) in [5, 5.41) is 18.7. The maximum atomic E-state index is 14.0. The van der Waals surface area contributed by atoms with Gasteiger partial charge in [0.2, 0.25) is 0 Å². The quantitative estimate of drug-likeness (QED) is 0.908. The van der Waals surface area contributed by atoms with E-state index in [0.29, 0.717) is 12.0 Å². The maximum absolute atomic E-state index is 14.0. The summed E-state index contributed by atoms with van der Waals surface area (Å²) in [6.45, 7) is -0.0998. The molecule has 2 aromatic rings. The molecule has 0 unspecified atom stereocenters. The minimum Gasteiger partial charge on any atom is -0.396 e. The first kappa shape index (κ1) is 14.2. The van der Waals surface area contributed by atoms with Crippen LogP contribution in [-0.2, 0) is 0 Å². The number of aliphatic hydroxyl groups is 1. The van der Waals surface area contributed by atoms with Gasteiger partial charge in [-0.05, 0) is 29.7 Å². The third-order valence-electron chi connectivity index (χ3n) is 3.33. The zero-order valence-electron chi connectivity index (χ0n) is 10.9. The SMILES string of the molecule is N#C[C@@H](c1cccnc1)[C@@H](CCO)c1ccccc1F. The fraction of sp³-hybridized carbons (Fsp3) is 0.250. The van der Waals surface area contributed by atoms with E-state index in [9.17, 15) is 14.8 Å². The van der Waals surface area contributed by atoms with E-state index in [2.05, 4.69) is 11.1 Å². The Morgan fingerprint density at radius 1 is 1.25 bits per heavy atom. The summed E-state index contributed by atoms with van der Waals surface area (Å²) in [4.78, 5) is 4.00. The predicted molar refractivity (Wildman–Crippen MR) is 73.4 cm³/mol. The Morgan fingerprint density at radius 3 is 2.65 bits per heavy atom. The summed E-state index contributed by atoms with van der Waals surface area (Å²) in [7, 11) is 0. The zero-order chi connectivity index (χ0) is 14.4. The fourth-order valence-corrected chi connectivity index (χ4v) is 2.37. The number of benzene rings is 1. The van der Waals surface area contributed by atoms with Gasteiger partial charge in [0, 0.05) is 24.9 Å². The lowest BCUT2D eigenvalue weighted by atomic mass is 9.81. The van der Waals surface area contributed by atoms with Gasteiger partial charge in [-0.2, -0.15) is 5.26 Å². The minimum atomic E-state index is -0.534. The van der Waals surface area contributed by atoms with Crippen LogP contribution in [0.2, 0.25) is 0 Å². The highest BCUT2D eigenvalue weighted by atomic mass is 19.1. The van der Waals surface area contributed by atoms with Crippen molar-refractivity contribution in [3.8, 4) is 6.07 Å². The van der Waals surface area contributed by atoms with Gasteiger partial charge in [0.05, 0.1) is 12.0 Å². The number of aromatic nitrogens is 1. The molecule has 0 radical (unpaired) electrons. The third-order valence-corrected chi connectivity index (χ3v) is 3.33. The van der Waals surface area contributed by atoms with Crippen LogP contribution in [0.4, 0.5) is 4.39 Å². The molecule has 0 amide bonds. The molecule has 1 aromatic carbocycles. The minimum absolute atomic E-state index is 0.0998. The topological polar surface area (TPSA) is 56.9 Å². The Hall–Kier alpha value is -2.25. The molecule has 1 aromatic heterocycles. The number of aliphatic hydroxyl groups excluding tert-OH is 1. The van der Waals surface area contributed by atoms with Crippen molar-refractivity contribution >= 4 is 0 Å². The van der Waals surface area contributed by atoms with Crippen molar-refractivity contribution in [3.05, 3.63) is 65.7 Å². The predicted octanol–water partition coefficient (Wildman–Crippen LogP) is 2.99. The normalized spacial score (nSPS) is 13.4. The molecule has 0 spiro atoms. The lowest BCUT2D eigenvalue weighted by Crippen LogP contribution is -2.13. The van der Waals surface area contributed by atoms with Crippen LogP contribution in [0.25, 0.3) is 0 Å². The average Bonchev–Trinajstić information content (AvgIpc) is 2.49. The number of rotatable bonds is 5. The van der Waals surface area contributed by atoms with E-state index < -0.39 is 11.8 Å². The molecule has 0 aliphatic heterocycles. The second-order valence-electron chi connectivity index (χ2n) is 4.53. The first-order chi connectivity index (χ1) is 9.77. The molecule has 4 heteroatoms.